The number of H-pyrrole nitrogens is 1. The van der Waals surface area contributed by atoms with Gasteiger partial charge in [-0.05, 0) is 20.8 Å². The lowest BCUT2D eigenvalue weighted by Crippen LogP contribution is -2.28. The molecule has 0 amide bonds. The Morgan fingerprint density at radius 2 is 2.00 bits per heavy atom. The lowest BCUT2D eigenvalue weighted by Gasteiger charge is -2.17. The van der Waals surface area contributed by atoms with E-state index in [2.05, 4.69) is 10.2 Å². The number of aromatic nitrogens is 2. The third-order valence-corrected chi connectivity index (χ3v) is 4.24. The summed E-state index contributed by atoms with van der Waals surface area (Å²) >= 11 is 0. The highest BCUT2D eigenvalue weighted by atomic mass is 32.2. The van der Waals surface area contributed by atoms with Crippen LogP contribution >= 0.6 is 0 Å². The molecule has 0 aliphatic heterocycles. The molecule has 0 bridgehead atoms. The van der Waals surface area contributed by atoms with Crippen LogP contribution < -0.4 is 5.73 Å². The average molecular weight is 203 g/mol. The van der Waals surface area contributed by atoms with E-state index in [4.69, 9.17) is 5.73 Å². The zero-order valence-electron chi connectivity index (χ0n) is 7.83. The van der Waals surface area contributed by atoms with Crippen LogP contribution in [0.1, 0.15) is 20.8 Å². The fourth-order valence-electron chi connectivity index (χ4n) is 0.829. The number of nitrogens with two attached hydrogens (primary N) is 1. The van der Waals surface area contributed by atoms with Gasteiger partial charge in [0.15, 0.2) is 9.84 Å². The van der Waals surface area contributed by atoms with Gasteiger partial charge < -0.3 is 5.73 Å². The van der Waals surface area contributed by atoms with E-state index in [1.807, 2.05) is 0 Å². The fourth-order valence-corrected chi connectivity index (χ4v) is 2.02. The van der Waals surface area contributed by atoms with Crippen LogP contribution in [-0.4, -0.2) is 23.4 Å². The standard InChI is InChI=1S/C7H13N3O2S/c1-7(2,3)13(11,12)5-4-9-10-6(5)8/h4H,1-3H3,(H3,8,9,10). The third-order valence-electron chi connectivity index (χ3n) is 1.73. The fraction of sp³-hybridized carbons (Fsp3) is 0.571. The summed E-state index contributed by atoms with van der Waals surface area (Å²) in [5, 5.41) is 5.97. The van der Waals surface area contributed by atoms with Crippen molar-refractivity contribution in [2.24, 2.45) is 0 Å². The van der Waals surface area contributed by atoms with E-state index >= 15 is 0 Å². The van der Waals surface area contributed by atoms with Crippen molar-refractivity contribution in [2.75, 3.05) is 5.73 Å². The molecule has 74 valence electrons. The molecule has 1 aromatic rings. The molecular formula is C7H13N3O2S. The molecule has 0 radical (unpaired) electrons. The lowest BCUT2D eigenvalue weighted by atomic mass is 10.3. The molecule has 0 spiro atoms. The third kappa shape index (κ3) is 1.53. The predicted molar refractivity (Wildman–Crippen MR) is 49.9 cm³/mol. The molecule has 0 aliphatic rings. The number of hydrogen-bond acceptors (Lipinski definition) is 4. The maximum Gasteiger partial charge on any atom is 0.188 e. The Bertz CT molecular complexity index is 400. The predicted octanol–water partition coefficient (Wildman–Crippen LogP) is 0.564. The van der Waals surface area contributed by atoms with Gasteiger partial charge in [0.25, 0.3) is 0 Å². The van der Waals surface area contributed by atoms with Crippen LogP contribution in [0.3, 0.4) is 0 Å². The zero-order valence-corrected chi connectivity index (χ0v) is 8.64. The topological polar surface area (TPSA) is 88.8 Å². The first kappa shape index (κ1) is 10.0. The number of nitrogens with one attached hydrogen (secondary N) is 1. The van der Waals surface area contributed by atoms with E-state index in [-0.39, 0.29) is 10.7 Å². The number of rotatable bonds is 1. The molecule has 0 atom stereocenters. The molecule has 6 heteroatoms. The van der Waals surface area contributed by atoms with Crippen LogP contribution in [-0.2, 0) is 9.84 Å². The van der Waals surface area contributed by atoms with Gasteiger partial charge in [-0.25, -0.2) is 8.42 Å². The smallest absolute Gasteiger partial charge is 0.188 e. The second-order valence-electron chi connectivity index (χ2n) is 3.76. The molecule has 3 N–H and O–H groups in total. The van der Waals surface area contributed by atoms with Gasteiger partial charge in [0.05, 0.1) is 10.9 Å². The Hall–Kier alpha value is -1.04. The van der Waals surface area contributed by atoms with E-state index in [0.29, 0.717) is 0 Å². The van der Waals surface area contributed by atoms with Crippen LogP contribution in [0.15, 0.2) is 11.1 Å². The van der Waals surface area contributed by atoms with Crippen molar-refractivity contribution in [2.45, 2.75) is 30.4 Å². The molecule has 1 aromatic heterocycles. The number of nitrogens with zero attached hydrogens (tertiary/aromatic N) is 1. The molecule has 0 fully saturated rings. The van der Waals surface area contributed by atoms with Crippen molar-refractivity contribution < 1.29 is 8.42 Å². The number of hydrogen-bond donors (Lipinski definition) is 2. The van der Waals surface area contributed by atoms with Gasteiger partial charge in [0.1, 0.15) is 10.7 Å². The van der Waals surface area contributed by atoms with E-state index in [1.54, 1.807) is 20.8 Å². The monoisotopic (exact) mass is 203 g/mol. The highest BCUT2D eigenvalue weighted by molar-refractivity contribution is 7.92. The first-order valence-electron chi connectivity index (χ1n) is 3.80. The zero-order chi connectivity index (χ0) is 10.3. The van der Waals surface area contributed by atoms with Gasteiger partial charge in [-0.15, -0.1) is 0 Å². The second-order valence-corrected chi connectivity index (χ2v) is 6.44. The number of aromatic amines is 1. The molecular weight excluding hydrogens is 190 g/mol. The Morgan fingerprint density at radius 1 is 1.46 bits per heavy atom. The number of anilines is 1. The first-order valence-corrected chi connectivity index (χ1v) is 5.28. The number of nitrogen functional groups attached to an aromatic ring is 1. The van der Waals surface area contributed by atoms with Gasteiger partial charge in [-0.2, -0.15) is 5.10 Å². The summed E-state index contributed by atoms with van der Waals surface area (Å²) in [6.45, 7) is 4.86. The summed E-state index contributed by atoms with van der Waals surface area (Å²) in [7, 11) is -3.38. The maximum absolute atomic E-state index is 11.8. The summed E-state index contributed by atoms with van der Waals surface area (Å²) < 4.78 is 22.7. The minimum Gasteiger partial charge on any atom is -0.383 e. The average Bonchev–Trinajstić information content (AvgIpc) is 2.32. The summed E-state index contributed by atoms with van der Waals surface area (Å²) in [4.78, 5) is 0.0694. The van der Waals surface area contributed by atoms with Crippen LogP contribution in [0.25, 0.3) is 0 Å². The minimum atomic E-state index is -3.38. The van der Waals surface area contributed by atoms with Gasteiger partial charge in [0.2, 0.25) is 0 Å². The van der Waals surface area contributed by atoms with Crippen molar-refractivity contribution in [3.05, 3.63) is 6.20 Å². The minimum absolute atomic E-state index is 0.0694. The largest absolute Gasteiger partial charge is 0.383 e. The van der Waals surface area contributed by atoms with Crippen molar-refractivity contribution >= 4 is 15.7 Å². The Morgan fingerprint density at radius 3 is 2.31 bits per heavy atom. The van der Waals surface area contributed by atoms with Crippen LogP contribution in [0.4, 0.5) is 5.82 Å². The lowest BCUT2D eigenvalue weighted by molar-refractivity contribution is 0.560. The highest BCUT2D eigenvalue weighted by Gasteiger charge is 2.33. The number of sulfone groups is 1. The Balaban J connectivity index is 3.33. The maximum atomic E-state index is 11.8. The molecule has 1 rings (SSSR count). The molecule has 5 nitrogen and oxygen atoms in total. The van der Waals surface area contributed by atoms with Crippen molar-refractivity contribution in [1.29, 1.82) is 0 Å². The summed E-state index contributed by atoms with van der Waals surface area (Å²) in [6, 6.07) is 0. The van der Waals surface area contributed by atoms with Crippen molar-refractivity contribution in [1.82, 2.24) is 10.2 Å². The molecule has 0 aromatic carbocycles. The highest BCUT2D eigenvalue weighted by Crippen LogP contribution is 2.27. The second kappa shape index (κ2) is 2.73. The van der Waals surface area contributed by atoms with E-state index < -0.39 is 14.6 Å². The quantitative estimate of drug-likeness (QED) is 0.698. The van der Waals surface area contributed by atoms with Crippen molar-refractivity contribution in [3.63, 3.8) is 0 Å². The summed E-state index contributed by atoms with van der Waals surface area (Å²) in [5.74, 6) is 0.0925. The van der Waals surface area contributed by atoms with Crippen LogP contribution in [0.5, 0.6) is 0 Å². The normalized spacial score (nSPS) is 13.2. The molecule has 0 aliphatic carbocycles. The summed E-state index contributed by atoms with van der Waals surface area (Å²) in [6.07, 6.45) is 1.23. The van der Waals surface area contributed by atoms with Crippen LogP contribution in [0.2, 0.25) is 0 Å². The molecule has 0 saturated carbocycles. The van der Waals surface area contributed by atoms with E-state index in [1.165, 1.54) is 6.20 Å². The Kier molecular flexibility index (Phi) is 2.11. The van der Waals surface area contributed by atoms with Crippen LogP contribution in [0, 0.1) is 0 Å². The molecule has 0 unspecified atom stereocenters. The molecule has 1 heterocycles. The van der Waals surface area contributed by atoms with E-state index in [0.717, 1.165) is 0 Å². The first-order chi connectivity index (χ1) is 5.77. The molecule has 0 saturated heterocycles. The van der Waals surface area contributed by atoms with Gasteiger partial charge in [-0.1, -0.05) is 0 Å². The van der Waals surface area contributed by atoms with E-state index in [9.17, 15) is 8.42 Å². The molecule has 13 heavy (non-hydrogen) atoms. The SMILES string of the molecule is CC(C)(C)S(=O)(=O)c1cn[nH]c1N. The van der Waals surface area contributed by atoms with Gasteiger partial charge in [-0.3, -0.25) is 5.10 Å². The Labute approximate surface area is 77.3 Å². The van der Waals surface area contributed by atoms with Crippen molar-refractivity contribution in [3.8, 4) is 0 Å². The van der Waals surface area contributed by atoms with Gasteiger partial charge in [0, 0.05) is 0 Å². The summed E-state index contributed by atoms with van der Waals surface area (Å²) in [5.41, 5.74) is 5.43. The van der Waals surface area contributed by atoms with Gasteiger partial charge >= 0.3 is 0 Å².